The van der Waals surface area contributed by atoms with Crippen molar-refractivity contribution >= 4 is 54.2 Å². The molecule has 0 radical (unpaired) electrons. The monoisotopic (exact) mass is 535 g/mol. The molecule has 182 valence electrons. The Morgan fingerprint density at radius 3 is 2.47 bits per heavy atom. The fourth-order valence-electron chi connectivity index (χ4n) is 3.58. The molecule has 0 saturated heterocycles. The van der Waals surface area contributed by atoms with Crippen molar-refractivity contribution < 1.29 is 13.2 Å². The Morgan fingerprint density at radius 1 is 1.00 bits per heavy atom. The van der Waals surface area contributed by atoms with Gasteiger partial charge in [-0.3, -0.25) is 9.36 Å². The maximum Gasteiger partial charge on any atom is 0.236 e. The average Bonchev–Trinajstić information content (AvgIpc) is 3.46. The van der Waals surface area contributed by atoms with Crippen LogP contribution in [0.5, 0.6) is 0 Å². The number of aryl methyl sites for hydroxylation is 1. The van der Waals surface area contributed by atoms with Gasteiger partial charge in [0, 0.05) is 5.69 Å². The van der Waals surface area contributed by atoms with Gasteiger partial charge in [-0.1, -0.05) is 65.6 Å². The summed E-state index contributed by atoms with van der Waals surface area (Å²) >= 11 is 2.60. The number of benzene rings is 3. The highest BCUT2D eigenvalue weighted by Crippen LogP contribution is 2.28. The maximum absolute atomic E-state index is 13.0. The van der Waals surface area contributed by atoms with Crippen LogP contribution < -0.4 is 5.32 Å². The second-order valence-corrected chi connectivity index (χ2v) is 11.9. The lowest BCUT2D eigenvalue weighted by molar-refractivity contribution is -0.113. The van der Waals surface area contributed by atoms with Crippen LogP contribution in [0.15, 0.2) is 88.9 Å². The summed E-state index contributed by atoms with van der Waals surface area (Å²) in [6.45, 7) is 2.01. The minimum atomic E-state index is -3.64. The summed E-state index contributed by atoms with van der Waals surface area (Å²) < 4.78 is 28.7. The molecule has 0 saturated carbocycles. The van der Waals surface area contributed by atoms with Crippen molar-refractivity contribution in [3.63, 3.8) is 0 Å². The molecule has 8 nitrogen and oxygen atoms in total. The number of fused-ring (bicyclic) bond motifs is 1. The molecule has 3 aromatic carbocycles. The standard InChI is InChI=1S/C25H21N5O3S3/c1-17-12-13-20-21(14-17)35-24(26-20)27-23(31)15-34-25-29-28-22(30(25)18-8-4-2-5-9-18)16-36(32,33)19-10-6-3-7-11-19/h2-14H,15-16H2,1H3,(H,26,27,31). The number of rotatable bonds is 8. The molecule has 36 heavy (non-hydrogen) atoms. The Labute approximate surface area is 216 Å². The number of aromatic nitrogens is 4. The van der Waals surface area contributed by atoms with Crippen LogP contribution in [0, 0.1) is 6.92 Å². The largest absolute Gasteiger partial charge is 0.301 e. The van der Waals surface area contributed by atoms with Gasteiger partial charge in [0.2, 0.25) is 5.91 Å². The number of nitrogens with one attached hydrogen (secondary N) is 1. The molecule has 0 unspecified atom stereocenters. The lowest BCUT2D eigenvalue weighted by Gasteiger charge is -2.10. The number of amides is 1. The van der Waals surface area contributed by atoms with E-state index in [4.69, 9.17) is 0 Å². The Bertz CT molecular complexity index is 1630. The van der Waals surface area contributed by atoms with E-state index in [0.717, 1.165) is 15.8 Å². The van der Waals surface area contributed by atoms with Gasteiger partial charge < -0.3 is 5.32 Å². The third-order valence-corrected chi connectivity index (χ3v) is 8.75. The molecular weight excluding hydrogens is 515 g/mol. The highest BCUT2D eigenvalue weighted by molar-refractivity contribution is 7.99. The van der Waals surface area contributed by atoms with Crippen molar-refractivity contribution in [2.24, 2.45) is 0 Å². The van der Waals surface area contributed by atoms with Crippen molar-refractivity contribution in [2.45, 2.75) is 22.7 Å². The molecule has 0 fully saturated rings. The maximum atomic E-state index is 13.0. The molecule has 0 bridgehead atoms. The molecule has 5 aromatic rings. The first-order valence-corrected chi connectivity index (χ1v) is 14.4. The van der Waals surface area contributed by atoms with Gasteiger partial charge in [0.25, 0.3) is 0 Å². The van der Waals surface area contributed by atoms with Gasteiger partial charge in [-0.25, -0.2) is 13.4 Å². The zero-order valence-electron chi connectivity index (χ0n) is 19.2. The fourth-order valence-corrected chi connectivity index (χ4v) is 6.59. The van der Waals surface area contributed by atoms with E-state index < -0.39 is 9.84 Å². The molecular formula is C25H21N5O3S3. The van der Waals surface area contributed by atoms with Crippen LogP contribution in [0.4, 0.5) is 5.13 Å². The van der Waals surface area contributed by atoms with E-state index in [-0.39, 0.29) is 28.1 Å². The number of para-hydroxylation sites is 1. The zero-order chi connectivity index (χ0) is 25.1. The minimum Gasteiger partial charge on any atom is -0.301 e. The number of sulfone groups is 1. The smallest absolute Gasteiger partial charge is 0.236 e. The Hall–Kier alpha value is -3.54. The Balaban J connectivity index is 1.36. The van der Waals surface area contributed by atoms with E-state index in [1.165, 1.54) is 23.1 Å². The molecule has 2 heterocycles. The van der Waals surface area contributed by atoms with Crippen LogP contribution in [0.25, 0.3) is 15.9 Å². The van der Waals surface area contributed by atoms with Crippen molar-refractivity contribution in [1.29, 1.82) is 0 Å². The molecule has 11 heteroatoms. The number of anilines is 1. The van der Waals surface area contributed by atoms with Crippen LogP contribution in [-0.4, -0.2) is 39.8 Å². The third kappa shape index (κ3) is 5.32. The first kappa shape index (κ1) is 24.2. The topological polar surface area (TPSA) is 107 Å². The molecule has 0 aliphatic heterocycles. The normalized spacial score (nSPS) is 11.6. The van der Waals surface area contributed by atoms with E-state index >= 15 is 0 Å². The zero-order valence-corrected chi connectivity index (χ0v) is 21.6. The highest BCUT2D eigenvalue weighted by Gasteiger charge is 2.23. The SMILES string of the molecule is Cc1ccc2nc(NC(=O)CSc3nnc(CS(=O)(=O)c4ccccc4)n3-c3ccccc3)sc2c1. The van der Waals surface area contributed by atoms with Crippen molar-refractivity contribution in [1.82, 2.24) is 19.7 Å². The van der Waals surface area contributed by atoms with Gasteiger partial charge in [-0.05, 0) is 48.9 Å². The van der Waals surface area contributed by atoms with Crippen LogP contribution in [0.3, 0.4) is 0 Å². The highest BCUT2D eigenvalue weighted by atomic mass is 32.2. The molecule has 0 atom stereocenters. The lowest BCUT2D eigenvalue weighted by Crippen LogP contribution is -2.15. The second-order valence-electron chi connectivity index (χ2n) is 7.97. The molecule has 0 spiro atoms. The van der Waals surface area contributed by atoms with Crippen molar-refractivity contribution in [3.8, 4) is 5.69 Å². The fraction of sp³-hybridized carbons (Fsp3) is 0.120. The molecule has 2 aromatic heterocycles. The Morgan fingerprint density at radius 2 is 1.72 bits per heavy atom. The summed E-state index contributed by atoms with van der Waals surface area (Å²) in [5, 5.41) is 12.2. The van der Waals surface area contributed by atoms with Gasteiger partial charge in [0.05, 0.1) is 20.9 Å². The first-order chi connectivity index (χ1) is 17.4. The summed E-state index contributed by atoms with van der Waals surface area (Å²) in [6.07, 6.45) is 0. The summed E-state index contributed by atoms with van der Waals surface area (Å²) in [7, 11) is -3.64. The van der Waals surface area contributed by atoms with Crippen LogP contribution in [0.1, 0.15) is 11.4 Å². The van der Waals surface area contributed by atoms with Gasteiger partial charge >= 0.3 is 0 Å². The number of thiazole rings is 1. The van der Waals surface area contributed by atoms with E-state index in [0.29, 0.717) is 16.0 Å². The van der Waals surface area contributed by atoms with E-state index in [1.54, 1.807) is 34.9 Å². The van der Waals surface area contributed by atoms with Gasteiger partial charge in [-0.15, -0.1) is 10.2 Å². The number of carbonyl (C=O) groups excluding carboxylic acids is 1. The summed E-state index contributed by atoms with van der Waals surface area (Å²) in [6, 6.07) is 23.4. The summed E-state index contributed by atoms with van der Waals surface area (Å²) in [5.41, 5.74) is 2.68. The van der Waals surface area contributed by atoms with Crippen LogP contribution >= 0.6 is 23.1 Å². The number of carbonyl (C=O) groups is 1. The third-order valence-electron chi connectivity index (χ3n) is 5.26. The van der Waals surface area contributed by atoms with E-state index in [1.807, 2.05) is 55.5 Å². The predicted molar refractivity (Wildman–Crippen MR) is 142 cm³/mol. The molecule has 1 amide bonds. The lowest BCUT2D eigenvalue weighted by atomic mass is 10.2. The van der Waals surface area contributed by atoms with E-state index in [2.05, 4.69) is 20.5 Å². The average molecular weight is 536 g/mol. The van der Waals surface area contributed by atoms with E-state index in [9.17, 15) is 13.2 Å². The van der Waals surface area contributed by atoms with Crippen molar-refractivity contribution in [2.75, 3.05) is 11.1 Å². The predicted octanol–water partition coefficient (Wildman–Crippen LogP) is 4.89. The molecule has 1 N–H and O–H groups in total. The number of hydrogen-bond donors (Lipinski definition) is 1. The summed E-state index contributed by atoms with van der Waals surface area (Å²) in [5.74, 6) is -0.228. The van der Waals surface area contributed by atoms with Crippen molar-refractivity contribution in [3.05, 3.63) is 90.3 Å². The molecule has 0 aliphatic carbocycles. The van der Waals surface area contributed by atoms with Crippen LogP contribution in [-0.2, 0) is 20.4 Å². The van der Waals surface area contributed by atoms with Gasteiger partial charge in [0.1, 0.15) is 5.75 Å². The Kier molecular flexibility index (Phi) is 6.86. The quantitative estimate of drug-likeness (QED) is 0.282. The summed E-state index contributed by atoms with van der Waals surface area (Å²) in [4.78, 5) is 17.4. The number of nitrogens with zero attached hydrogens (tertiary/aromatic N) is 4. The first-order valence-electron chi connectivity index (χ1n) is 11.0. The second kappa shape index (κ2) is 10.2. The van der Waals surface area contributed by atoms with Crippen LogP contribution in [0.2, 0.25) is 0 Å². The minimum absolute atomic E-state index is 0.0609. The molecule has 5 rings (SSSR count). The number of thioether (sulfide) groups is 1. The molecule has 0 aliphatic rings. The van der Waals surface area contributed by atoms with Gasteiger partial charge in [0.15, 0.2) is 25.9 Å². The van der Waals surface area contributed by atoms with Gasteiger partial charge in [-0.2, -0.15) is 0 Å². The number of hydrogen-bond acceptors (Lipinski definition) is 8.